The third kappa shape index (κ3) is 3.32. The number of aromatic nitrogens is 4. The number of hydrogen-bond donors (Lipinski definition) is 1. The van der Waals surface area contributed by atoms with Crippen LogP contribution in [0.4, 0.5) is 5.82 Å². The highest BCUT2D eigenvalue weighted by Gasteiger charge is 2.29. The molecule has 4 rings (SSSR count). The van der Waals surface area contributed by atoms with Crippen molar-refractivity contribution >= 4 is 22.8 Å². The molecule has 0 bridgehead atoms. The summed E-state index contributed by atoms with van der Waals surface area (Å²) in [5.74, 6) is 1.15. The number of carbonyl (C=O) groups excluding carboxylic acids is 1. The topological polar surface area (TPSA) is 75.9 Å². The van der Waals surface area contributed by atoms with E-state index < -0.39 is 0 Å². The van der Waals surface area contributed by atoms with Crippen molar-refractivity contribution in [2.45, 2.75) is 51.0 Å². The Hall–Kier alpha value is -2.18. The first-order valence-corrected chi connectivity index (χ1v) is 9.40. The standard InChI is InChI=1S/C18H26N6O/c1-23-16-15(10-21-23)17(20-12-19-16)24-9-5-6-13(11-24)18(25)22-14-7-3-2-4-8-14/h10,12-14H,2-9,11H2,1H3,(H,22,25)/t13-/m1/s1. The highest BCUT2D eigenvalue weighted by Crippen LogP contribution is 2.27. The normalized spacial score (nSPS) is 22.3. The summed E-state index contributed by atoms with van der Waals surface area (Å²) in [6.45, 7) is 1.65. The van der Waals surface area contributed by atoms with Crippen molar-refractivity contribution in [3.8, 4) is 0 Å². The van der Waals surface area contributed by atoms with Crippen molar-refractivity contribution in [1.29, 1.82) is 0 Å². The number of amides is 1. The molecule has 1 amide bonds. The van der Waals surface area contributed by atoms with Gasteiger partial charge >= 0.3 is 0 Å². The van der Waals surface area contributed by atoms with E-state index >= 15 is 0 Å². The Balaban J connectivity index is 1.47. The molecule has 2 aromatic rings. The highest BCUT2D eigenvalue weighted by molar-refractivity contribution is 5.87. The molecular formula is C18H26N6O. The minimum Gasteiger partial charge on any atom is -0.355 e. The fraction of sp³-hybridized carbons (Fsp3) is 0.667. The lowest BCUT2D eigenvalue weighted by Crippen LogP contribution is -2.46. The van der Waals surface area contributed by atoms with Gasteiger partial charge in [0, 0.05) is 26.2 Å². The number of hydrogen-bond acceptors (Lipinski definition) is 5. The zero-order valence-corrected chi connectivity index (χ0v) is 14.8. The number of aryl methyl sites for hydroxylation is 1. The summed E-state index contributed by atoms with van der Waals surface area (Å²) in [4.78, 5) is 23.7. The predicted octanol–water partition coefficient (Wildman–Crippen LogP) is 2.03. The molecule has 134 valence electrons. The van der Waals surface area contributed by atoms with Gasteiger partial charge in [-0.05, 0) is 25.7 Å². The summed E-state index contributed by atoms with van der Waals surface area (Å²) in [5, 5.41) is 8.53. The van der Waals surface area contributed by atoms with Gasteiger partial charge in [0.05, 0.1) is 17.5 Å². The molecule has 1 aliphatic heterocycles. The quantitative estimate of drug-likeness (QED) is 0.924. The molecule has 3 heterocycles. The van der Waals surface area contributed by atoms with Crippen molar-refractivity contribution in [3.63, 3.8) is 0 Å². The van der Waals surface area contributed by atoms with E-state index in [0.29, 0.717) is 6.04 Å². The molecule has 1 saturated carbocycles. The summed E-state index contributed by atoms with van der Waals surface area (Å²) >= 11 is 0. The second kappa shape index (κ2) is 6.98. The molecule has 0 spiro atoms. The zero-order valence-electron chi connectivity index (χ0n) is 14.8. The summed E-state index contributed by atoms with van der Waals surface area (Å²) < 4.78 is 1.76. The molecule has 1 N–H and O–H groups in total. The third-order valence-electron chi connectivity index (χ3n) is 5.55. The lowest BCUT2D eigenvalue weighted by atomic mass is 9.93. The van der Waals surface area contributed by atoms with Crippen molar-refractivity contribution in [2.75, 3.05) is 18.0 Å². The van der Waals surface area contributed by atoms with Crippen molar-refractivity contribution in [3.05, 3.63) is 12.5 Å². The van der Waals surface area contributed by atoms with E-state index in [9.17, 15) is 4.79 Å². The molecule has 1 saturated heterocycles. The van der Waals surface area contributed by atoms with Crippen LogP contribution in [0.5, 0.6) is 0 Å². The first kappa shape index (κ1) is 16.3. The van der Waals surface area contributed by atoms with Crippen molar-refractivity contribution in [1.82, 2.24) is 25.1 Å². The molecular weight excluding hydrogens is 316 g/mol. The lowest BCUT2D eigenvalue weighted by Gasteiger charge is -2.34. The van der Waals surface area contributed by atoms with Crippen LogP contribution in [0.1, 0.15) is 44.9 Å². The van der Waals surface area contributed by atoms with Crippen LogP contribution in [0.2, 0.25) is 0 Å². The van der Waals surface area contributed by atoms with Crippen LogP contribution in [0, 0.1) is 5.92 Å². The van der Waals surface area contributed by atoms with E-state index in [-0.39, 0.29) is 11.8 Å². The van der Waals surface area contributed by atoms with E-state index in [0.717, 1.165) is 55.6 Å². The fourth-order valence-corrected chi connectivity index (χ4v) is 4.15. The van der Waals surface area contributed by atoms with E-state index in [2.05, 4.69) is 25.3 Å². The van der Waals surface area contributed by atoms with Crippen molar-refractivity contribution in [2.24, 2.45) is 13.0 Å². The Kier molecular flexibility index (Phi) is 4.55. The average molecular weight is 342 g/mol. The molecule has 7 nitrogen and oxygen atoms in total. The molecule has 2 aromatic heterocycles. The number of nitrogens with zero attached hydrogens (tertiary/aromatic N) is 5. The van der Waals surface area contributed by atoms with E-state index in [4.69, 9.17) is 0 Å². The second-order valence-corrected chi connectivity index (χ2v) is 7.33. The predicted molar refractivity (Wildman–Crippen MR) is 96.3 cm³/mol. The Morgan fingerprint density at radius 1 is 1.16 bits per heavy atom. The van der Waals surface area contributed by atoms with Gasteiger partial charge in [0.25, 0.3) is 0 Å². The van der Waals surface area contributed by atoms with Gasteiger partial charge in [-0.1, -0.05) is 19.3 Å². The molecule has 1 aliphatic carbocycles. The highest BCUT2D eigenvalue weighted by atomic mass is 16.2. The molecule has 1 atom stereocenters. The summed E-state index contributed by atoms with van der Waals surface area (Å²) in [6.07, 6.45) is 11.4. The summed E-state index contributed by atoms with van der Waals surface area (Å²) in [7, 11) is 1.88. The Morgan fingerprint density at radius 2 is 2.00 bits per heavy atom. The monoisotopic (exact) mass is 342 g/mol. The van der Waals surface area contributed by atoms with Gasteiger partial charge in [0.1, 0.15) is 12.1 Å². The number of anilines is 1. The number of nitrogens with one attached hydrogen (secondary N) is 1. The average Bonchev–Trinajstić information content (AvgIpc) is 3.04. The largest absolute Gasteiger partial charge is 0.355 e. The van der Waals surface area contributed by atoms with Crippen LogP contribution in [-0.2, 0) is 11.8 Å². The SMILES string of the molecule is Cn1ncc2c(N3CCC[C@@H](C(=O)NC4CCCCC4)C3)ncnc21. The molecule has 2 fully saturated rings. The van der Waals surface area contributed by atoms with Crippen molar-refractivity contribution < 1.29 is 4.79 Å². The lowest BCUT2D eigenvalue weighted by molar-refractivity contribution is -0.126. The maximum Gasteiger partial charge on any atom is 0.225 e. The third-order valence-corrected chi connectivity index (χ3v) is 5.55. The Morgan fingerprint density at radius 3 is 2.84 bits per heavy atom. The smallest absolute Gasteiger partial charge is 0.225 e. The van der Waals surface area contributed by atoms with E-state index in [1.54, 1.807) is 11.0 Å². The van der Waals surface area contributed by atoms with Gasteiger partial charge in [-0.3, -0.25) is 9.48 Å². The number of carbonyl (C=O) groups is 1. The number of piperidine rings is 1. The van der Waals surface area contributed by atoms with Gasteiger partial charge in [0.2, 0.25) is 5.91 Å². The number of rotatable bonds is 3. The van der Waals surface area contributed by atoms with Crippen LogP contribution in [0.15, 0.2) is 12.5 Å². The van der Waals surface area contributed by atoms with Gasteiger partial charge in [-0.25, -0.2) is 9.97 Å². The molecule has 0 radical (unpaired) electrons. The molecule has 7 heteroatoms. The minimum absolute atomic E-state index is 0.0392. The maximum atomic E-state index is 12.7. The van der Waals surface area contributed by atoms with Gasteiger partial charge in [-0.15, -0.1) is 0 Å². The van der Waals surface area contributed by atoms with Gasteiger partial charge in [-0.2, -0.15) is 5.10 Å². The summed E-state index contributed by atoms with van der Waals surface area (Å²) in [5.41, 5.74) is 0.832. The van der Waals surface area contributed by atoms with E-state index in [1.165, 1.54) is 19.3 Å². The Bertz CT molecular complexity index is 751. The maximum absolute atomic E-state index is 12.7. The molecule has 25 heavy (non-hydrogen) atoms. The fourth-order valence-electron chi connectivity index (χ4n) is 4.15. The molecule has 0 aromatic carbocycles. The molecule has 2 aliphatic rings. The van der Waals surface area contributed by atoms with E-state index in [1.807, 2.05) is 13.2 Å². The minimum atomic E-state index is 0.0392. The number of fused-ring (bicyclic) bond motifs is 1. The Labute approximate surface area is 147 Å². The van der Waals surface area contributed by atoms with Crippen LogP contribution in [-0.4, -0.2) is 44.8 Å². The van der Waals surface area contributed by atoms with Gasteiger partial charge in [0.15, 0.2) is 5.65 Å². The van der Waals surface area contributed by atoms with Crippen LogP contribution >= 0.6 is 0 Å². The van der Waals surface area contributed by atoms with Crippen LogP contribution in [0.25, 0.3) is 11.0 Å². The first-order valence-electron chi connectivity index (χ1n) is 9.40. The van der Waals surface area contributed by atoms with Gasteiger partial charge < -0.3 is 10.2 Å². The zero-order chi connectivity index (χ0) is 17.2. The summed E-state index contributed by atoms with van der Waals surface area (Å²) in [6, 6.07) is 0.376. The van der Waals surface area contributed by atoms with Crippen LogP contribution < -0.4 is 10.2 Å². The second-order valence-electron chi connectivity index (χ2n) is 7.33. The first-order chi connectivity index (χ1) is 12.2. The molecule has 0 unspecified atom stereocenters. The van der Waals surface area contributed by atoms with Crippen LogP contribution in [0.3, 0.4) is 0 Å².